The molecule has 1 heterocycles. The van der Waals surface area contributed by atoms with Crippen molar-refractivity contribution in [2.45, 2.75) is 44.7 Å². The second-order valence-electron chi connectivity index (χ2n) is 6.83. The maximum Gasteiger partial charge on any atom is 0.317 e. The summed E-state index contributed by atoms with van der Waals surface area (Å²) >= 11 is 0. The number of piperidine rings is 1. The molecule has 7 nitrogen and oxygen atoms in total. The number of nitrogens with zero attached hydrogens (tertiary/aromatic N) is 2. The van der Waals surface area contributed by atoms with Crippen molar-refractivity contribution in [1.29, 1.82) is 0 Å². The molecule has 130 valence electrons. The van der Waals surface area contributed by atoms with Crippen molar-refractivity contribution in [2.75, 3.05) is 40.0 Å². The van der Waals surface area contributed by atoms with E-state index in [0.717, 1.165) is 25.5 Å². The number of nitrogens with one attached hydrogen (secondary N) is 2. The quantitative estimate of drug-likeness (QED) is 0.738. The van der Waals surface area contributed by atoms with Crippen molar-refractivity contribution in [3.8, 4) is 0 Å². The van der Waals surface area contributed by atoms with Gasteiger partial charge in [0.05, 0.1) is 6.26 Å². The summed E-state index contributed by atoms with van der Waals surface area (Å²) in [6.45, 7) is 5.62. The lowest BCUT2D eigenvalue weighted by atomic mass is 10.0. The highest BCUT2D eigenvalue weighted by Gasteiger charge is 2.29. The summed E-state index contributed by atoms with van der Waals surface area (Å²) in [6.07, 6.45) is 3.94. The summed E-state index contributed by atoms with van der Waals surface area (Å²) in [7, 11) is 0.722. The highest BCUT2D eigenvalue weighted by atomic mass is 32.2. The largest absolute Gasteiger partial charge is 0.336 e. The van der Waals surface area contributed by atoms with Crippen LogP contribution in [-0.4, -0.2) is 75.8 Å². The Morgan fingerprint density at radius 2 is 1.95 bits per heavy atom. The average Bonchev–Trinajstić information content (AvgIpc) is 2.42. The van der Waals surface area contributed by atoms with Crippen LogP contribution < -0.4 is 10.0 Å². The number of urea groups is 1. The van der Waals surface area contributed by atoms with Crippen LogP contribution in [0.3, 0.4) is 0 Å². The minimum atomic E-state index is -3.23. The average molecular weight is 334 g/mol. The zero-order chi connectivity index (χ0) is 17.0. The molecule has 0 aliphatic carbocycles. The van der Waals surface area contributed by atoms with E-state index in [-0.39, 0.29) is 24.2 Å². The minimum Gasteiger partial charge on any atom is -0.336 e. The first-order valence-corrected chi connectivity index (χ1v) is 9.58. The van der Waals surface area contributed by atoms with E-state index in [1.54, 1.807) is 4.90 Å². The number of carbonyl (C=O) groups is 1. The van der Waals surface area contributed by atoms with Crippen molar-refractivity contribution < 1.29 is 13.2 Å². The molecule has 0 unspecified atom stereocenters. The maximum atomic E-state index is 12.4. The molecule has 1 aliphatic heterocycles. The summed E-state index contributed by atoms with van der Waals surface area (Å²) in [4.78, 5) is 16.2. The van der Waals surface area contributed by atoms with Gasteiger partial charge in [-0.25, -0.2) is 17.9 Å². The van der Waals surface area contributed by atoms with Gasteiger partial charge in [0.2, 0.25) is 10.0 Å². The van der Waals surface area contributed by atoms with Crippen LogP contribution in [0, 0.1) is 0 Å². The predicted molar refractivity (Wildman–Crippen MR) is 88.4 cm³/mol. The van der Waals surface area contributed by atoms with Crippen molar-refractivity contribution in [3.05, 3.63) is 0 Å². The molecule has 22 heavy (non-hydrogen) atoms. The third-order valence-corrected chi connectivity index (χ3v) is 5.04. The Hall–Kier alpha value is -0.860. The van der Waals surface area contributed by atoms with E-state index in [9.17, 15) is 13.2 Å². The van der Waals surface area contributed by atoms with Crippen LogP contribution in [-0.2, 0) is 10.0 Å². The van der Waals surface area contributed by atoms with Crippen molar-refractivity contribution in [2.24, 2.45) is 0 Å². The van der Waals surface area contributed by atoms with E-state index in [1.165, 1.54) is 0 Å². The Kier molecular flexibility index (Phi) is 6.64. The number of carbonyl (C=O) groups excluding carboxylic acids is 1. The number of hydrogen-bond donors (Lipinski definition) is 2. The first kappa shape index (κ1) is 19.2. The Morgan fingerprint density at radius 3 is 2.50 bits per heavy atom. The molecule has 0 radical (unpaired) electrons. The van der Waals surface area contributed by atoms with Crippen LogP contribution in [0.25, 0.3) is 0 Å². The van der Waals surface area contributed by atoms with Crippen molar-refractivity contribution in [3.63, 3.8) is 0 Å². The highest BCUT2D eigenvalue weighted by Crippen LogP contribution is 2.17. The smallest absolute Gasteiger partial charge is 0.317 e. The maximum absolute atomic E-state index is 12.4. The third-order valence-electron chi connectivity index (χ3n) is 4.35. The molecule has 0 spiro atoms. The van der Waals surface area contributed by atoms with Crippen molar-refractivity contribution >= 4 is 16.1 Å². The molecular formula is C14H30N4O3S. The third kappa shape index (κ3) is 6.10. The van der Waals surface area contributed by atoms with Gasteiger partial charge in [0, 0.05) is 31.2 Å². The lowest BCUT2D eigenvalue weighted by Crippen LogP contribution is -2.56. The molecular weight excluding hydrogens is 304 g/mol. The molecule has 1 aliphatic rings. The topological polar surface area (TPSA) is 81.8 Å². The Morgan fingerprint density at radius 1 is 1.32 bits per heavy atom. The lowest BCUT2D eigenvalue weighted by Gasteiger charge is -2.38. The van der Waals surface area contributed by atoms with E-state index < -0.39 is 10.0 Å². The van der Waals surface area contributed by atoms with Gasteiger partial charge in [0.25, 0.3) is 0 Å². The van der Waals surface area contributed by atoms with Gasteiger partial charge in [-0.05, 0) is 47.2 Å². The molecule has 8 heteroatoms. The molecule has 1 saturated heterocycles. The Labute approximate surface area is 134 Å². The van der Waals surface area contributed by atoms with Gasteiger partial charge < -0.3 is 15.1 Å². The molecule has 0 bridgehead atoms. The van der Waals surface area contributed by atoms with Gasteiger partial charge >= 0.3 is 6.03 Å². The van der Waals surface area contributed by atoms with Crippen LogP contribution in [0.4, 0.5) is 4.79 Å². The molecule has 2 N–H and O–H groups in total. The molecule has 2 amide bonds. The van der Waals surface area contributed by atoms with Crippen LogP contribution >= 0.6 is 0 Å². The SMILES string of the molecule is CN(C)C(C)(C)CNC(=O)N1CCCC[C@@H]1CNS(C)(=O)=O. The predicted octanol–water partition coefficient (Wildman–Crippen LogP) is 0.440. The first-order valence-electron chi connectivity index (χ1n) is 7.69. The molecule has 0 aromatic rings. The van der Waals surface area contributed by atoms with Crippen LogP contribution in [0.15, 0.2) is 0 Å². The molecule has 0 aromatic carbocycles. The van der Waals surface area contributed by atoms with Crippen molar-refractivity contribution in [1.82, 2.24) is 19.8 Å². The number of amides is 2. The van der Waals surface area contributed by atoms with E-state index >= 15 is 0 Å². The van der Waals surface area contributed by atoms with E-state index in [2.05, 4.69) is 28.8 Å². The van der Waals surface area contributed by atoms with E-state index in [1.807, 2.05) is 14.1 Å². The molecule has 1 rings (SSSR count). The summed E-state index contributed by atoms with van der Waals surface area (Å²) in [5.41, 5.74) is -0.133. The van der Waals surface area contributed by atoms with Crippen LogP contribution in [0.2, 0.25) is 0 Å². The van der Waals surface area contributed by atoms with E-state index in [0.29, 0.717) is 13.1 Å². The summed E-state index contributed by atoms with van der Waals surface area (Å²) in [5, 5.41) is 2.97. The van der Waals surface area contributed by atoms with Gasteiger partial charge in [-0.1, -0.05) is 0 Å². The standard InChI is InChI=1S/C14H30N4O3S/c1-14(2,17(3)4)11-15-13(19)18-9-7-6-8-12(18)10-16-22(5,20)21/h12,16H,6-11H2,1-5H3,(H,15,19)/t12-/m1/s1. The summed E-state index contributed by atoms with van der Waals surface area (Å²) in [6, 6.07) is -0.194. The van der Waals surface area contributed by atoms with Gasteiger partial charge in [0.15, 0.2) is 0 Å². The fourth-order valence-corrected chi connectivity index (χ4v) is 2.77. The number of hydrogen-bond acceptors (Lipinski definition) is 4. The molecule has 1 fully saturated rings. The molecule has 1 atom stereocenters. The Bertz CT molecular complexity index is 476. The van der Waals surface area contributed by atoms with Gasteiger partial charge in [0.1, 0.15) is 0 Å². The van der Waals surface area contributed by atoms with Gasteiger partial charge in [-0.2, -0.15) is 0 Å². The molecule has 0 aromatic heterocycles. The van der Waals surface area contributed by atoms with E-state index in [4.69, 9.17) is 0 Å². The number of likely N-dealkylation sites (tertiary alicyclic amines) is 1. The summed E-state index contributed by atoms with van der Waals surface area (Å²) < 4.78 is 25.0. The second-order valence-corrected chi connectivity index (χ2v) is 8.66. The second kappa shape index (κ2) is 7.61. The van der Waals surface area contributed by atoms with Crippen LogP contribution in [0.1, 0.15) is 33.1 Å². The molecule has 0 saturated carbocycles. The lowest BCUT2D eigenvalue weighted by molar-refractivity contribution is 0.140. The Balaban J connectivity index is 2.60. The number of likely N-dealkylation sites (N-methyl/N-ethyl adjacent to an activating group) is 1. The zero-order valence-corrected chi connectivity index (χ0v) is 15.2. The number of sulfonamides is 1. The normalized spacial score (nSPS) is 20.3. The minimum absolute atomic E-state index is 0.0778. The fourth-order valence-electron chi connectivity index (χ4n) is 2.28. The fraction of sp³-hybridized carbons (Fsp3) is 0.929. The van der Waals surface area contributed by atoms with Gasteiger partial charge in [-0.15, -0.1) is 0 Å². The zero-order valence-electron chi connectivity index (χ0n) is 14.3. The number of rotatable bonds is 6. The van der Waals surface area contributed by atoms with Gasteiger partial charge in [-0.3, -0.25) is 0 Å². The monoisotopic (exact) mass is 334 g/mol. The van der Waals surface area contributed by atoms with Crippen LogP contribution in [0.5, 0.6) is 0 Å². The summed E-state index contributed by atoms with van der Waals surface area (Å²) in [5.74, 6) is 0. The highest BCUT2D eigenvalue weighted by molar-refractivity contribution is 7.88. The first-order chi connectivity index (χ1) is 10.0.